The molecule has 2 aromatic carbocycles. The number of amides is 1. The highest BCUT2D eigenvalue weighted by Gasteiger charge is 2.22. The molecule has 0 saturated heterocycles. The van der Waals surface area contributed by atoms with Crippen LogP contribution in [0.2, 0.25) is 0 Å². The molecule has 1 unspecified atom stereocenters. The average molecular weight is 337 g/mol. The molecule has 0 saturated carbocycles. The van der Waals surface area contributed by atoms with Gasteiger partial charge in [0.15, 0.2) is 6.10 Å². The molecule has 1 atom stereocenters. The first-order valence-electron chi connectivity index (χ1n) is 9.12. The topological polar surface area (TPSA) is 29.5 Å². The van der Waals surface area contributed by atoms with Crippen LogP contribution in [0.4, 0.5) is 0 Å². The summed E-state index contributed by atoms with van der Waals surface area (Å²) in [5, 5.41) is 0. The minimum atomic E-state index is -0.483. The van der Waals surface area contributed by atoms with Crippen molar-refractivity contribution in [3.8, 4) is 5.75 Å². The quantitative estimate of drug-likeness (QED) is 0.814. The highest BCUT2D eigenvalue weighted by Crippen LogP contribution is 2.30. The number of hydrogen-bond acceptors (Lipinski definition) is 2. The van der Waals surface area contributed by atoms with Crippen LogP contribution in [0.1, 0.15) is 42.0 Å². The molecule has 1 amide bonds. The lowest BCUT2D eigenvalue weighted by Crippen LogP contribution is -2.37. The van der Waals surface area contributed by atoms with E-state index in [2.05, 4.69) is 37.3 Å². The Balaban J connectivity index is 1.65. The van der Waals surface area contributed by atoms with Gasteiger partial charge in [0.1, 0.15) is 5.75 Å². The van der Waals surface area contributed by atoms with Crippen molar-refractivity contribution in [1.82, 2.24) is 4.90 Å². The Hall–Kier alpha value is -2.29. The minimum absolute atomic E-state index is 0.00832. The zero-order valence-electron chi connectivity index (χ0n) is 15.4. The fourth-order valence-corrected chi connectivity index (χ4v) is 3.45. The molecular formula is C22H27NO2. The van der Waals surface area contributed by atoms with Crippen LogP contribution in [0.5, 0.6) is 5.75 Å². The van der Waals surface area contributed by atoms with Crippen LogP contribution in [0, 0.1) is 6.92 Å². The maximum absolute atomic E-state index is 12.7. The monoisotopic (exact) mass is 337 g/mol. The Morgan fingerprint density at radius 2 is 1.84 bits per heavy atom. The lowest BCUT2D eigenvalue weighted by atomic mass is 9.91. The third-order valence-electron chi connectivity index (χ3n) is 4.92. The van der Waals surface area contributed by atoms with Crippen LogP contribution in [0.25, 0.3) is 0 Å². The molecule has 0 bridgehead atoms. The Bertz CT molecular complexity index is 736. The van der Waals surface area contributed by atoms with Crippen molar-refractivity contribution in [2.75, 3.05) is 7.05 Å². The van der Waals surface area contributed by atoms with Crippen molar-refractivity contribution in [1.29, 1.82) is 0 Å². The second kappa shape index (κ2) is 7.73. The van der Waals surface area contributed by atoms with Gasteiger partial charge in [0.25, 0.3) is 5.91 Å². The number of ether oxygens (including phenoxy) is 1. The van der Waals surface area contributed by atoms with Crippen molar-refractivity contribution in [3.05, 3.63) is 64.7 Å². The number of carbonyl (C=O) groups excluding carboxylic acids is 1. The Labute approximate surface area is 150 Å². The standard InChI is InChI=1S/C22H27NO2/c1-16-11-13-18(14-12-16)15-23(3)22(24)17(2)25-21-10-6-8-19-7-4-5-9-20(19)21/h6,8,10-14,17H,4-5,7,9,15H2,1-3H3. The largest absolute Gasteiger partial charge is 0.481 e. The van der Waals surface area contributed by atoms with Gasteiger partial charge < -0.3 is 9.64 Å². The maximum atomic E-state index is 12.7. The molecule has 0 aromatic heterocycles. The van der Waals surface area contributed by atoms with Crippen molar-refractivity contribution in [2.45, 2.75) is 52.2 Å². The molecule has 132 valence electrons. The zero-order valence-corrected chi connectivity index (χ0v) is 15.4. The predicted molar refractivity (Wildman–Crippen MR) is 101 cm³/mol. The molecule has 3 nitrogen and oxygen atoms in total. The number of carbonyl (C=O) groups is 1. The summed E-state index contributed by atoms with van der Waals surface area (Å²) in [6.07, 6.45) is 4.12. The minimum Gasteiger partial charge on any atom is -0.481 e. The SMILES string of the molecule is Cc1ccc(CN(C)C(=O)C(C)Oc2cccc3c2CCCC3)cc1. The van der Waals surface area contributed by atoms with Gasteiger partial charge in [-0.2, -0.15) is 0 Å². The molecule has 1 aliphatic rings. The van der Waals surface area contributed by atoms with E-state index in [1.807, 2.05) is 26.1 Å². The van der Waals surface area contributed by atoms with Gasteiger partial charge in [-0.15, -0.1) is 0 Å². The van der Waals surface area contributed by atoms with Crippen molar-refractivity contribution in [2.24, 2.45) is 0 Å². The van der Waals surface area contributed by atoms with Crippen LogP contribution < -0.4 is 4.74 Å². The molecule has 3 heteroatoms. The van der Waals surface area contributed by atoms with Crippen LogP contribution >= 0.6 is 0 Å². The third-order valence-corrected chi connectivity index (χ3v) is 4.92. The molecule has 2 aromatic rings. The van der Waals surface area contributed by atoms with E-state index in [1.54, 1.807) is 4.90 Å². The van der Waals surface area contributed by atoms with Gasteiger partial charge >= 0.3 is 0 Å². The van der Waals surface area contributed by atoms with Crippen LogP contribution in [0.3, 0.4) is 0 Å². The van der Waals surface area contributed by atoms with Gasteiger partial charge in [-0.3, -0.25) is 4.79 Å². The highest BCUT2D eigenvalue weighted by molar-refractivity contribution is 5.80. The summed E-state index contributed by atoms with van der Waals surface area (Å²) in [7, 11) is 1.84. The van der Waals surface area contributed by atoms with E-state index in [-0.39, 0.29) is 5.91 Å². The molecule has 0 aliphatic heterocycles. The van der Waals surface area contributed by atoms with E-state index < -0.39 is 6.10 Å². The summed E-state index contributed by atoms with van der Waals surface area (Å²) >= 11 is 0. The molecule has 1 aliphatic carbocycles. The Morgan fingerprint density at radius 3 is 2.60 bits per heavy atom. The number of fused-ring (bicyclic) bond motifs is 1. The first kappa shape index (κ1) is 17.5. The number of rotatable bonds is 5. The lowest BCUT2D eigenvalue weighted by Gasteiger charge is -2.25. The normalized spacial score (nSPS) is 14.5. The zero-order chi connectivity index (χ0) is 17.8. The van der Waals surface area contributed by atoms with E-state index in [1.165, 1.54) is 29.5 Å². The van der Waals surface area contributed by atoms with Crippen molar-refractivity contribution in [3.63, 3.8) is 0 Å². The van der Waals surface area contributed by atoms with Crippen LogP contribution in [-0.2, 0) is 24.2 Å². The lowest BCUT2D eigenvalue weighted by molar-refractivity contribution is -0.137. The van der Waals surface area contributed by atoms with Crippen LogP contribution in [0.15, 0.2) is 42.5 Å². The number of aryl methyl sites for hydroxylation is 2. The van der Waals surface area contributed by atoms with Gasteiger partial charge in [0.05, 0.1) is 0 Å². The number of benzene rings is 2. The second-order valence-electron chi connectivity index (χ2n) is 7.04. The molecule has 0 heterocycles. The van der Waals surface area contributed by atoms with E-state index in [4.69, 9.17) is 4.74 Å². The van der Waals surface area contributed by atoms with Crippen molar-refractivity contribution >= 4 is 5.91 Å². The van der Waals surface area contributed by atoms with Crippen LogP contribution in [-0.4, -0.2) is 24.0 Å². The summed E-state index contributed by atoms with van der Waals surface area (Å²) in [5.41, 5.74) is 5.01. The third kappa shape index (κ3) is 4.22. The molecule has 0 spiro atoms. The molecule has 0 N–H and O–H groups in total. The maximum Gasteiger partial charge on any atom is 0.263 e. The Morgan fingerprint density at radius 1 is 1.12 bits per heavy atom. The summed E-state index contributed by atoms with van der Waals surface area (Å²) in [6.45, 7) is 4.50. The fraction of sp³-hybridized carbons (Fsp3) is 0.409. The molecule has 3 rings (SSSR count). The smallest absolute Gasteiger partial charge is 0.263 e. The van der Waals surface area contributed by atoms with Gasteiger partial charge in [-0.1, -0.05) is 42.0 Å². The Kier molecular flexibility index (Phi) is 5.42. The summed E-state index contributed by atoms with van der Waals surface area (Å²) in [6, 6.07) is 14.5. The first-order valence-corrected chi connectivity index (χ1v) is 9.12. The van der Waals surface area contributed by atoms with Gasteiger partial charge in [-0.25, -0.2) is 0 Å². The fourth-order valence-electron chi connectivity index (χ4n) is 3.45. The predicted octanol–water partition coefficient (Wildman–Crippen LogP) is 4.30. The number of nitrogens with zero attached hydrogens (tertiary/aromatic N) is 1. The molecular weight excluding hydrogens is 310 g/mol. The van der Waals surface area contributed by atoms with E-state index in [0.29, 0.717) is 6.54 Å². The first-order chi connectivity index (χ1) is 12.0. The van der Waals surface area contributed by atoms with Crippen molar-refractivity contribution < 1.29 is 9.53 Å². The molecule has 25 heavy (non-hydrogen) atoms. The number of likely N-dealkylation sites (N-methyl/N-ethyl adjacent to an activating group) is 1. The van der Waals surface area contributed by atoms with Gasteiger partial charge in [0, 0.05) is 13.6 Å². The van der Waals surface area contributed by atoms with Gasteiger partial charge in [0.2, 0.25) is 0 Å². The summed E-state index contributed by atoms with van der Waals surface area (Å²) in [4.78, 5) is 14.4. The summed E-state index contributed by atoms with van der Waals surface area (Å²) in [5.74, 6) is 0.885. The highest BCUT2D eigenvalue weighted by atomic mass is 16.5. The number of hydrogen-bond donors (Lipinski definition) is 0. The molecule has 0 fully saturated rings. The summed E-state index contributed by atoms with van der Waals surface area (Å²) < 4.78 is 6.06. The molecule has 0 radical (unpaired) electrons. The van der Waals surface area contributed by atoms with E-state index >= 15 is 0 Å². The van der Waals surface area contributed by atoms with E-state index in [0.717, 1.165) is 24.2 Å². The second-order valence-corrected chi connectivity index (χ2v) is 7.04. The van der Waals surface area contributed by atoms with E-state index in [9.17, 15) is 4.79 Å². The average Bonchev–Trinajstić information content (AvgIpc) is 2.63. The van der Waals surface area contributed by atoms with Gasteiger partial charge in [-0.05, 0) is 62.3 Å².